The van der Waals surface area contributed by atoms with Crippen LogP contribution in [0.15, 0.2) is 45.4 Å². The number of carbonyl (C=O) groups excluding carboxylic acids is 2. The van der Waals surface area contributed by atoms with Crippen LogP contribution in [0.2, 0.25) is 0 Å². The van der Waals surface area contributed by atoms with E-state index in [1.54, 1.807) is 36.2 Å². The Balaban J connectivity index is 1.33. The van der Waals surface area contributed by atoms with Crippen molar-refractivity contribution in [3.8, 4) is 11.3 Å². The predicted octanol–water partition coefficient (Wildman–Crippen LogP) is 3.17. The lowest BCUT2D eigenvalue weighted by molar-refractivity contribution is -0.130. The molecule has 3 heterocycles. The summed E-state index contributed by atoms with van der Waals surface area (Å²) in [6.07, 6.45) is 2.89. The van der Waals surface area contributed by atoms with Crippen LogP contribution in [0.3, 0.4) is 0 Å². The van der Waals surface area contributed by atoms with Crippen LogP contribution in [0, 0.1) is 11.2 Å². The maximum absolute atomic E-state index is 13.2. The molecule has 5 rings (SSSR count). The van der Waals surface area contributed by atoms with E-state index in [0.717, 1.165) is 24.2 Å². The van der Waals surface area contributed by atoms with Gasteiger partial charge in [0.05, 0.1) is 5.41 Å². The van der Waals surface area contributed by atoms with Gasteiger partial charge in [-0.05, 0) is 43.5 Å². The number of nitrogens with one attached hydrogen (secondary N) is 1. The molecule has 0 bridgehead atoms. The minimum atomic E-state index is -0.840. The molecule has 166 valence electrons. The third kappa shape index (κ3) is 3.79. The number of halogens is 1. The molecule has 2 aromatic heterocycles. The van der Waals surface area contributed by atoms with Crippen molar-refractivity contribution >= 4 is 11.8 Å². The van der Waals surface area contributed by atoms with E-state index in [1.807, 2.05) is 0 Å². The minimum Gasteiger partial charge on any atom is -0.361 e. The molecule has 9 heteroatoms. The first-order chi connectivity index (χ1) is 15.5. The van der Waals surface area contributed by atoms with Gasteiger partial charge in [-0.3, -0.25) is 9.59 Å². The van der Waals surface area contributed by atoms with Gasteiger partial charge < -0.3 is 19.3 Å². The second kappa shape index (κ2) is 7.89. The van der Waals surface area contributed by atoms with Crippen molar-refractivity contribution < 1.29 is 23.0 Å². The van der Waals surface area contributed by atoms with Gasteiger partial charge in [0.15, 0.2) is 5.69 Å². The minimum absolute atomic E-state index is 0.161. The highest BCUT2D eigenvalue weighted by Crippen LogP contribution is 2.41. The molecule has 1 N–H and O–H groups in total. The van der Waals surface area contributed by atoms with E-state index >= 15 is 0 Å². The van der Waals surface area contributed by atoms with Gasteiger partial charge in [-0.1, -0.05) is 10.3 Å². The Labute approximate surface area is 183 Å². The topological polar surface area (TPSA) is 101 Å². The van der Waals surface area contributed by atoms with Crippen molar-refractivity contribution in [1.82, 2.24) is 20.5 Å². The van der Waals surface area contributed by atoms with Crippen LogP contribution < -0.4 is 5.32 Å². The van der Waals surface area contributed by atoms with Gasteiger partial charge in [0.2, 0.25) is 5.91 Å². The second-order valence-corrected chi connectivity index (χ2v) is 8.59. The standard InChI is InChI=1S/C23H23FN4O4/c1-25-22(30)23(12-17-10-18(26-31-17)14-4-6-16(24)7-5-14)8-9-28(13-23)21(29)19-11-20(32-27-19)15-2-3-15/h4-7,10-11,15H,2-3,8-9,12-13H2,1H3,(H,25,30)/t23-/m0/s1. The molecule has 2 aliphatic rings. The lowest BCUT2D eigenvalue weighted by atomic mass is 9.81. The lowest BCUT2D eigenvalue weighted by Gasteiger charge is -2.26. The summed E-state index contributed by atoms with van der Waals surface area (Å²) < 4.78 is 24.0. The number of rotatable bonds is 6. The van der Waals surface area contributed by atoms with E-state index < -0.39 is 5.41 Å². The van der Waals surface area contributed by atoms with Crippen LogP contribution in [0.1, 0.15) is 47.2 Å². The van der Waals surface area contributed by atoms with Crippen molar-refractivity contribution in [1.29, 1.82) is 0 Å². The first-order valence-corrected chi connectivity index (χ1v) is 10.7. The van der Waals surface area contributed by atoms with Gasteiger partial charge in [0, 0.05) is 50.2 Å². The third-order valence-electron chi connectivity index (χ3n) is 6.29. The van der Waals surface area contributed by atoms with Crippen LogP contribution in [0.5, 0.6) is 0 Å². The maximum Gasteiger partial charge on any atom is 0.276 e. The summed E-state index contributed by atoms with van der Waals surface area (Å²) in [4.78, 5) is 27.5. The molecule has 2 fully saturated rings. The van der Waals surface area contributed by atoms with Gasteiger partial charge in [-0.25, -0.2) is 4.39 Å². The van der Waals surface area contributed by atoms with Crippen LogP contribution in [0.4, 0.5) is 4.39 Å². The number of benzene rings is 1. The van der Waals surface area contributed by atoms with Crippen LogP contribution in [0.25, 0.3) is 11.3 Å². The van der Waals surface area contributed by atoms with E-state index in [2.05, 4.69) is 15.6 Å². The normalized spacial score (nSPS) is 20.5. The number of amides is 2. The Kier molecular flexibility index (Phi) is 5.03. The van der Waals surface area contributed by atoms with Gasteiger partial charge in [0.25, 0.3) is 5.91 Å². The molecule has 1 aliphatic heterocycles. The Morgan fingerprint density at radius 3 is 2.69 bits per heavy atom. The van der Waals surface area contributed by atoms with Gasteiger partial charge in [0.1, 0.15) is 23.0 Å². The fraction of sp³-hybridized carbons (Fsp3) is 0.391. The molecular weight excluding hydrogens is 415 g/mol. The molecule has 1 saturated carbocycles. The number of likely N-dealkylation sites (tertiary alicyclic amines) is 1. The zero-order chi connectivity index (χ0) is 22.3. The highest BCUT2D eigenvalue weighted by atomic mass is 19.1. The summed E-state index contributed by atoms with van der Waals surface area (Å²) in [5.74, 6) is 0.916. The van der Waals surface area contributed by atoms with Crippen molar-refractivity contribution in [2.75, 3.05) is 20.1 Å². The molecule has 1 aliphatic carbocycles. The Morgan fingerprint density at radius 1 is 1.19 bits per heavy atom. The lowest BCUT2D eigenvalue weighted by Crippen LogP contribution is -2.44. The predicted molar refractivity (Wildman–Crippen MR) is 111 cm³/mol. The third-order valence-corrected chi connectivity index (χ3v) is 6.29. The molecule has 1 aromatic carbocycles. The number of carbonyl (C=O) groups is 2. The quantitative estimate of drug-likeness (QED) is 0.634. The molecule has 1 saturated heterocycles. The fourth-order valence-electron chi connectivity index (χ4n) is 4.32. The Morgan fingerprint density at radius 2 is 1.97 bits per heavy atom. The van der Waals surface area contributed by atoms with Crippen LogP contribution >= 0.6 is 0 Å². The summed E-state index contributed by atoms with van der Waals surface area (Å²) in [5.41, 5.74) is 0.717. The summed E-state index contributed by atoms with van der Waals surface area (Å²) in [7, 11) is 1.58. The Hall–Kier alpha value is -3.49. The van der Waals surface area contributed by atoms with E-state index in [-0.39, 0.29) is 36.3 Å². The average molecular weight is 438 g/mol. The summed E-state index contributed by atoms with van der Waals surface area (Å²) in [6, 6.07) is 9.42. The van der Waals surface area contributed by atoms with E-state index in [1.165, 1.54) is 12.1 Å². The van der Waals surface area contributed by atoms with Crippen LogP contribution in [-0.4, -0.2) is 47.2 Å². The largest absolute Gasteiger partial charge is 0.361 e. The van der Waals surface area contributed by atoms with Crippen molar-refractivity contribution in [2.45, 2.75) is 31.6 Å². The zero-order valence-electron chi connectivity index (χ0n) is 17.6. The number of nitrogens with zero attached hydrogens (tertiary/aromatic N) is 3. The molecule has 8 nitrogen and oxygen atoms in total. The maximum atomic E-state index is 13.2. The zero-order valence-corrected chi connectivity index (χ0v) is 17.6. The van der Waals surface area contributed by atoms with E-state index in [4.69, 9.17) is 9.05 Å². The highest BCUT2D eigenvalue weighted by Gasteiger charge is 2.47. The molecule has 0 radical (unpaired) electrons. The second-order valence-electron chi connectivity index (χ2n) is 8.59. The van der Waals surface area contributed by atoms with Gasteiger partial charge >= 0.3 is 0 Å². The molecule has 1 atom stereocenters. The SMILES string of the molecule is CNC(=O)[C@]1(Cc2cc(-c3ccc(F)cc3)no2)CCN(C(=O)c2cc(C3CC3)on2)C1. The molecule has 2 amide bonds. The van der Waals surface area contributed by atoms with Gasteiger partial charge in [-0.15, -0.1) is 0 Å². The smallest absolute Gasteiger partial charge is 0.276 e. The van der Waals surface area contributed by atoms with Crippen molar-refractivity contribution in [2.24, 2.45) is 5.41 Å². The monoisotopic (exact) mass is 438 g/mol. The molecule has 0 unspecified atom stereocenters. The number of hydrogen-bond acceptors (Lipinski definition) is 6. The first kappa shape index (κ1) is 20.4. The molecular formula is C23H23FN4O4. The summed E-state index contributed by atoms with van der Waals surface area (Å²) in [5, 5.41) is 10.7. The Bertz CT molecular complexity index is 1150. The summed E-state index contributed by atoms with van der Waals surface area (Å²) >= 11 is 0. The van der Waals surface area contributed by atoms with Crippen LogP contribution in [-0.2, 0) is 11.2 Å². The number of hydrogen-bond donors (Lipinski definition) is 1. The molecule has 32 heavy (non-hydrogen) atoms. The average Bonchev–Trinajstić information content (AvgIpc) is 3.19. The van der Waals surface area contributed by atoms with E-state index in [9.17, 15) is 14.0 Å². The first-order valence-electron chi connectivity index (χ1n) is 10.7. The summed E-state index contributed by atoms with van der Waals surface area (Å²) in [6.45, 7) is 0.667. The molecule has 3 aromatic rings. The number of aromatic nitrogens is 2. The van der Waals surface area contributed by atoms with E-state index in [0.29, 0.717) is 30.3 Å². The van der Waals surface area contributed by atoms with Crippen molar-refractivity contribution in [3.63, 3.8) is 0 Å². The van der Waals surface area contributed by atoms with Gasteiger partial charge in [-0.2, -0.15) is 0 Å². The molecule has 0 spiro atoms. The highest BCUT2D eigenvalue weighted by molar-refractivity contribution is 5.93. The van der Waals surface area contributed by atoms with Crippen molar-refractivity contribution in [3.05, 3.63) is 59.4 Å². The fourth-order valence-corrected chi connectivity index (χ4v) is 4.32.